The molecule has 0 aromatic carbocycles. The fourth-order valence-corrected chi connectivity index (χ4v) is 3.91. The minimum atomic E-state index is -3.63. The topological polar surface area (TPSA) is 59.1 Å². The maximum atomic E-state index is 12.3. The van der Waals surface area contributed by atoms with Crippen LogP contribution in [0.1, 0.15) is 40.0 Å². The Morgan fingerprint density at radius 2 is 1.83 bits per heavy atom. The first-order valence-corrected chi connectivity index (χ1v) is 7.90. The number of halogens is 1. The van der Waals surface area contributed by atoms with Gasteiger partial charge < -0.3 is 0 Å². The van der Waals surface area contributed by atoms with E-state index in [2.05, 4.69) is 9.71 Å². The molecular formula is C12H19ClN2O2S. The highest BCUT2D eigenvalue weighted by atomic mass is 35.5. The van der Waals surface area contributed by atoms with E-state index >= 15 is 0 Å². The Hall–Kier alpha value is -0.650. The SMILES string of the molecule is CCC(CC)(CC)NS(=O)(=O)c1cnccc1Cl. The summed E-state index contributed by atoms with van der Waals surface area (Å²) in [5.74, 6) is 0. The Labute approximate surface area is 114 Å². The van der Waals surface area contributed by atoms with E-state index in [1.165, 1.54) is 18.5 Å². The highest BCUT2D eigenvalue weighted by molar-refractivity contribution is 7.89. The van der Waals surface area contributed by atoms with E-state index in [-0.39, 0.29) is 9.92 Å². The number of sulfonamides is 1. The number of hydrogen-bond donors (Lipinski definition) is 1. The molecule has 1 aromatic heterocycles. The van der Waals surface area contributed by atoms with Crippen LogP contribution < -0.4 is 4.72 Å². The van der Waals surface area contributed by atoms with Crippen molar-refractivity contribution in [3.63, 3.8) is 0 Å². The summed E-state index contributed by atoms with van der Waals surface area (Å²) < 4.78 is 27.4. The zero-order valence-corrected chi connectivity index (χ0v) is 12.5. The van der Waals surface area contributed by atoms with Crippen molar-refractivity contribution < 1.29 is 8.42 Å². The molecule has 0 atom stereocenters. The average Bonchev–Trinajstić information content (AvgIpc) is 2.36. The van der Waals surface area contributed by atoms with E-state index in [1.54, 1.807) is 0 Å². The van der Waals surface area contributed by atoms with Gasteiger partial charge in [0.25, 0.3) is 0 Å². The maximum absolute atomic E-state index is 12.3. The molecule has 0 spiro atoms. The lowest BCUT2D eigenvalue weighted by atomic mass is 9.91. The number of aromatic nitrogens is 1. The molecule has 4 nitrogen and oxygen atoms in total. The van der Waals surface area contributed by atoms with Crippen molar-refractivity contribution in [2.24, 2.45) is 0 Å². The zero-order chi connectivity index (χ0) is 13.8. The van der Waals surface area contributed by atoms with Gasteiger partial charge in [-0.05, 0) is 25.3 Å². The van der Waals surface area contributed by atoms with Gasteiger partial charge in [-0.1, -0.05) is 32.4 Å². The van der Waals surface area contributed by atoms with Crippen LogP contribution in [0.15, 0.2) is 23.4 Å². The molecule has 102 valence electrons. The van der Waals surface area contributed by atoms with Crippen LogP contribution >= 0.6 is 11.6 Å². The standard InChI is InChI=1S/C12H19ClN2O2S/c1-4-12(5-2,6-3)15-18(16,17)11-9-14-8-7-10(11)13/h7-9,15H,4-6H2,1-3H3. The molecule has 0 bridgehead atoms. The van der Waals surface area contributed by atoms with Crippen LogP contribution in [0, 0.1) is 0 Å². The molecular weight excluding hydrogens is 272 g/mol. The van der Waals surface area contributed by atoms with E-state index in [4.69, 9.17) is 11.6 Å². The third-order valence-corrected chi connectivity index (χ3v) is 5.45. The Bertz CT molecular complexity index is 490. The van der Waals surface area contributed by atoms with Gasteiger partial charge in [-0.2, -0.15) is 0 Å². The first-order valence-electron chi connectivity index (χ1n) is 6.04. The summed E-state index contributed by atoms with van der Waals surface area (Å²) in [5.41, 5.74) is -0.419. The van der Waals surface area contributed by atoms with Crippen molar-refractivity contribution in [3.8, 4) is 0 Å². The molecule has 1 heterocycles. The van der Waals surface area contributed by atoms with Crippen molar-refractivity contribution in [1.29, 1.82) is 0 Å². The largest absolute Gasteiger partial charge is 0.263 e. The Balaban J connectivity index is 3.13. The third-order valence-electron chi connectivity index (χ3n) is 3.40. The van der Waals surface area contributed by atoms with Crippen LogP contribution in [-0.2, 0) is 10.0 Å². The maximum Gasteiger partial charge on any atom is 0.244 e. The first kappa shape index (κ1) is 15.4. The monoisotopic (exact) mass is 290 g/mol. The van der Waals surface area contributed by atoms with Crippen molar-refractivity contribution in [2.75, 3.05) is 0 Å². The lowest BCUT2D eigenvalue weighted by Crippen LogP contribution is -2.47. The smallest absolute Gasteiger partial charge is 0.244 e. The Morgan fingerprint density at radius 3 is 2.28 bits per heavy atom. The summed E-state index contributed by atoms with van der Waals surface area (Å²) in [6, 6.07) is 1.47. The number of rotatable bonds is 6. The molecule has 0 fully saturated rings. The van der Waals surface area contributed by atoms with Crippen molar-refractivity contribution in [2.45, 2.75) is 50.5 Å². The molecule has 0 aliphatic carbocycles. The molecule has 1 aromatic rings. The fourth-order valence-electron chi connectivity index (χ4n) is 1.87. The number of nitrogens with one attached hydrogen (secondary N) is 1. The molecule has 1 rings (SSSR count). The lowest BCUT2D eigenvalue weighted by Gasteiger charge is -2.31. The fraction of sp³-hybridized carbons (Fsp3) is 0.583. The molecule has 0 amide bonds. The number of nitrogens with zero attached hydrogens (tertiary/aromatic N) is 1. The van der Waals surface area contributed by atoms with Gasteiger partial charge in [0.2, 0.25) is 10.0 Å². The molecule has 6 heteroatoms. The van der Waals surface area contributed by atoms with Gasteiger partial charge in [0.1, 0.15) is 4.90 Å². The minimum Gasteiger partial charge on any atom is -0.263 e. The first-order chi connectivity index (χ1) is 8.40. The zero-order valence-electron chi connectivity index (χ0n) is 10.9. The molecule has 0 aliphatic rings. The van der Waals surface area contributed by atoms with Gasteiger partial charge in [-0.25, -0.2) is 13.1 Å². The molecule has 0 aliphatic heterocycles. The highest BCUT2D eigenvalue weighted by Crippen LogP contribution is 2.25. The summed E-state index contributed by atoms with van der Waals surface area (Å²) in [6.45, 7) is 5.92. The van der Waals surface area contributed by atoms with Crippen LogP contribution in [0.25, 0.3) is 0 Å². The van der Waals surface area contributed by atoms with Gasteiger partial charge in [0, 0.05) is 17.9 Å². The second-order valence-corrected chi connectivity index (χ2v) is 6.31. The molecule has 0 saturated carbocycles. The molecule has 0 saturated heterocycles. The molecule has 0 unspecified atom stereocenters. The van der Waals surface area contributed by atoms with E-state index in [9.17, 15) is 8.42 Å². The summed E-state index contributed by atoms with van der Waals surface area (Å²) in [4.78, 5) is 3.85. The second-order valence-electron chi connectivity index (χ2n) is 4.25. The minimum absolute atomic E-state index is 0.0337. The van der Waals surface area contributed by atoms with Gasteiger partial charge in [-0.15, -0.1) is 0 Å². The van der Waals surface area contributed by atoms with E-state index in [1.807, 2.05) is 20.8 Å². The van der Waals surface area contributed by atoms with E-state index < -0.39 is 15.6 Å². The summed E-state index contributed by atoms with van der Waals surface area (Å²) in [5, 5.41) is 0.190. The molecule has 1 N–H and O–H groups in total. The quantitative estimate of drug-likeness (QED) is 0.876. The van der Waals surface area contributed by atoms with E-state index in [0.29, 0.717) is 0 Å². The van der Waals surface area contributed by atoms with Crippen LogP contribution in [0.3, 0.4) is 0 Å². The second kappa shape index (κ2) is 5.99. The predicted molar refractivity (Wildman–Crippen MR) is 73.2 cm³/mol. The van der Waals surface area contributed by atoms with Gasteiger partial charge in [0.15, 0.2) is 0 Å². The number of pyridine rings is 1. The Kier molecular flexibility index (Phi) is 5.13. The number of hydrogen-bond acceptors (Lipinski definition) is 3. The Morgan fingerprint density at radius 1 is 1.28 bits per heavy atom. The van der Waals surface area contributed by atoms with Crippen molar-refractivity contribution in [1.82, 2.24) is 9.71 Å². The van der Waals surface area contributed by atoms with E-state index in [0.717, 1.165) is 19.3 Å². The van der Waals surface area contributed by atoms with Crippen molar-refractivity contribution in [3.05, 3.63) is 23.5 Å². The van der Waals surface area contributed by atoms with Gasteiger partial charge in [-0.3, -0.25) is 4.98 Å². The van der Waals surface area contributed by atoms with Crippen LogP contribution in [0.2, 0.25) is 5.02 Å². The summed E-state index contributed by atoms with van der Waals surface area (Å²) >= 11 is 5.91. The van der Waals surface area contributed by atoms with Crippen LogP contribution in [0.5, 0.6) is 0 Å². The van der Waals surface area contributed by atoms with Crippen LogP contribution in [-0.4, -0.2) is 18.9 Å². The van der Waals surface area contributed by atoms with Crippen LogP contribution in [0.4, 0.5) is 0 Å². The lowest BCUT2D eigenvalue weighted by molar-refractivity contribution is 0.341. The summed E-state index contributed by atoms with van der Waals surface area (Å²) in [6.07, 6.45) is 4.94. The normalized spacial score (nSPS) is 12.7. The summed E-state index contributed by atoms with van der Waals surface area (Å²) in [7, 11) is -3.63. The molecule has 18 heavy (non-hydrogen) atoms. The predicted octanol–water partition coefficient (Wildman–Crippen LogP) is 2.98. The highest BCUT2D eigenvalue weighted by Gasteiger charge is 2.31. The third kappa shape index (κ3) is 3.22. The van der Waals surface area contributed by atoms with Gasteiger partial charge in [0.05, 0.1) is 5.02 Å². The van der Waals surface area contributed by atoms with Gasteiger partial charge >= 0.3 is 0 Å². The average molecular weight is 291 g/mol. The van der Waals surface area contributed by atoms with Crippen molar-refractivity contribution >= 4 is 21.6 Å². The molecule has 0 radical (unpaired) electrons.